The van der Waals surface area contributed by atoms with E-state index in [0.717, 1.165) is 5.56 Å². The highest BCUT2D eigenvalue weighted by Crippen LogP contribution is 2.20. The Morgan fingerprint density at radius 1 is 1.50 bits per heavy atom. The number of piperidine rings is 1. The van der Waals surface area contributed by atoms with Crippen LogP contribution in [0.25, 0.3) is 0 Å². The number of nitro groups is 1. The average molecular weight is 277 g/mol. The molecular formula is C13H15N3O4. The number of nitro benzene ring substituents is 1. The highest BCUT2D eigenvalue weighted by Gasteiger charge is 2.24. The minimum Gasteiger partial charge on any atom is -0.354 e. The lowest BCUT2D eigenvalue weighted by Crippen LogP contribution is -2.47. The Bertz CT molecular complexity index is 561. The first-order valence-corrected chi connectivity index (χ1v) is 6.30. The van der Waals surface area contributed by atoms with Gasteiger partial charge in [-0.1, -0.05) is 6.07 Å². The maximum atomic E-state index is 12.1. The molecule has 1 unspecified atom stereocenters. The Morgan fingerprint density at radius 3 is 2.85 bits per heavy atom. The summed E-state index contributed by atoms with van der Waals surface area (Å²) in [6.07, 6.45) is 0.887. The van der Waals surface area contributed by atoms with E-state index in [4.69, 9.17) is 0 Å². The maximum absolute atomic E-state index is 12.1. The van der Waals surface area contributed by atoms with Crippen molar-refractivity contribution in [1.82, 2.24) is 10.6 Å². The number of aryl methyl sites for hydroxylation is 1. The van der Waals surface area contributed by atoms with Crippen LogP contribution in [-0.2, 0) is 4.79 Å². The van der Waals surface area contributed by atoms with Gasteiger partial charge in [0, 0.05) is 25.1 Å². The summed E-state index contributed by atoms with van der Waals surface area (Å²) < 4.78 is 0. The fraction of sp³-hybridized carbons (Fsp3) is 0.385. The van der Waals surface area contributed by atoms with E-state index in [1.807, 2.05) is 0 Å². The van der Waals surface area contributed by atoms with Gasteiger partial charge >= 0.3 is 0 Å². The second kappa shape index (κ2) is 5.68. The van der Waals surface area contributed by atoms with Gasteiger partial charge in [-0.2, -0.15) is 0 Å². The zero-order valence-corrected chi connectivity index (χ0v) is 11.0. The zero-order chi connectivity index (χ0) is 14.7. The molecule has 1 saturated heterocycles. The lowest BCUT2D eigenvalue weighted by atomic mass is 10.0. The van der Waals surface area contributed by atoms with E-state index in [-0.39, 0.29) is 23.2 Å². The van der Waals surface area contributed by atoms with Crippen molar-refractivity contribution in [3.63, 3.8) is 0 Å². The smallest absolute Gasteiger partial charge is 0.282 e. The van der Waals surface area contributed by atoms with Crippen molar-refractivity contribution >= 4 is 17.5 Å². The van der Waals surface area contributed by atoms with Gasteiger partial charge in [0.1, 0.15) is 5.56 Å². The summed E-state index contributed by atoms with van der Waals surface area (Å²) in [4.78, 5) is 33.6. The zero-order valence-electron chi connectivity index (χ0n) is 11.0. The molecule has 0 radical (unpaired) electrons. The second-order valence-corrected chi connectivity index (χ2v) is 4.79. The molecule has 1 aromatic carbocycles. The Balaban J connectivity index is 2.14. The van der Waals surface area contributed by atoms with Crippen LogP contribution in [0, 0.1) is 17.0 Å². The molecule has 106 valence electrons. The minimum absolute atomic E-state index is 0.0444. The first kappa shape index (κ1) is 14.0. The summed E-state index contributed by atoms with van der Waals surface area (Å²) in [5.41, 5.74) is 0.609. The molecule has 2 amide bonds. The second-order valence-electron chi connectivity index (χ2n) is 4.79. The summed E-state index contributed by atoms with van der Waals surface area (Å²) in [6, 6.07) is 4.22. The summed E-state index contributed by atoms with van der Waals surface area (Å²) in [6.45, 7) is 2.12. The number of nitrogens with one attached hydrogen (secondary N) is 2. The van der Waals surface area contributed by atoms with Gasteiger partial charge in [-0.25, -0.2) is 0 Å². The Labute approximate surface area is 115 Å². The number of nitrogens with zero attached hydrogens (tertiary/aromatic N) is 1. The van der Waals surface area contributed by atoms with Crippen molar-refractivity contribution in [1.29, 1.82) is 0 Å². The monoisotopic (exact) mass is 277 g/mol. The summed E-state index contributed by atoms with van der Waals surface area (Å²) in [7, 11) is 0. The Morgan fingerprint density at radius 2 is 2.25 bits per heavy atom. The average Bonchev–Trinajstić information content (AvgIpc) is 2.41. The van der Waals surface area contributed by atoms with Crippen LogP contribution < -0.4 is 10.6 Å². The molecule has 1 aliphatic rings. The third kappa shape index (κ3) is 3.11. The van der Waals surface area contributed by atoms with Crippen LogP contribution in [-0.4, -0.2) is 29.3 Å². The molecule has 7 nitrogen and oxygen atoms in total. The maximum Gasteiger partial charge on any atom is 0.282 e. The number of carbonyl (C=O) groups excluding carboxylic acids is 2. The number of benzene rings is 1. The predicted molar refractivity (Wildman–Crippen MR) is 71.3 cm³/mol. The van der Waals surface area contributed by atoms with Gasteiger partial charge in [-0.15, -0.1) is 0 Å². The van der Waals surface area contributed by atoms with E-state index in [1.54, 1.807) is 13.0 Å². The van der Waals surface area contributed by atoms with E-state index in [9.17, 15) is 19.7 Å². The number of carbonyl (C=O) groups is 2. The summed E-state index contributed by atoms with van der Waals surface area (Å²) >= 11 is 0. The number of hydrogen-bond acceptors (Lipinski definition) is 4. The van der Waals surface area contributed by atoms with Gasteiger partial charge in [0.05, 0.1) is 4.92 Å². The van der Waals surface area contributed by atoms with E-state index in [2.05, 4.69) is 10.6 Å². The van der Waals surface area contributed by atoms with Crippen LogP contribution in [0.3, 0.4) is 0 Å². The third-order valence-corrected chi connectivity index (χ3v) is 3.19. The largest absolute Gasteiger partial charge is 0.354 e. The highest BCUT2D eigenvalue weighted by molar-refractivity contribution is 5.98. The van der Waals surface area contributed by atoms with Crippen LogP contribution in [0.2, 0.25) is 0 Å². The molecular weight excluding hydrogens is 262 g/mol. The Hall–Kier alpha value is -2.44. The fourth-order valence-electron chi connectivity index (χ4n) is 2.11. The molecule has 1 atom stereocenters. The first-order chi connectivity index (χ1) is 9.47. The van der Waals surface area contributed by atoms with Crippen LogP contribution in [0.5, 0.6) is 0 Å². The van der Waals surface area contributed by atoms with Crippen LogP contribution >= 0.6 is 0 Å². The molecule has 0 aliphatic carbocycles. The third-order valence-electron chi connectivity index (χ3n) is 3.19. The molecule has 1 aliphatic heterocycles. The molecule has 0 aromatic heterocycles. The normalized spacial score (nSPS) is 18.2. The molecule has 0 spiro atoms. The van der Waals surface area contributed by atoms with Gasteiger partial charge in [0.25, 0.3) is 11.6 Å². The molecule has 1 heterocycles. The van der Waals surface area contributed by atoms with Crippen molar-refractivity contribution in [3.05, 3.63) is 39.4 Å². The van der Waals surface area contributed by atoms with E-state index < -0.39 is 10.8 Å². The van der Waals surface area contributed by atoms with Gasteiger partial charge < -0.3 is 10.6 Å². The van der Waals surface area contributed by atoms with E-state index in [0.29, 0.717) is 19.4 Å². The van der Waals surface area contributed by atoms with Crippen molar-refractivity contribution in [3.8, 4) is 0 Å². The Kier molecular flexibility index (Phi) is 3.97. The quantitative estimate of drug-likeness (QED) is 0.633. The van der Waals surface area contributed by atoms with Gasteiger partial charge in [0.2, 0.25) is 5.91 Å². The van der Waals surface area contributed by atoms with Crippen LogP contribution in [0.4, 0.5) is 5.69 Å². The van der Waals surface area contributed by atoms with Crippen molar-refractivity contribution < 1.29 is 14.5 Å². The highest BCUT2D eigenvalue weighted by atomic mass is 16.6. The molecule has 7 heteroatoms. The SMILES string of the molecule is Cc1ccc([N+](=O)[O-])c(C(=O)NC2CCC(=O)NC2)c1. The van der Waals surface area contributed by atoms with E-state index >= 15 is 0 Å². The lowest BCUT2D eigenvalue weighted by Gasteiger charge is -2.23. The predicted octanol–water partition coefficient (Wildman–Crippen LogP) is 0.912. The minimum atomic E-state index is -0.572. The van der Waals surface area contributed by atoms with Crippen LogP contribution in [0.15, 0.2) is 18.2 Å². The van der Waals surface area contributed by atoms with Crippen molar-refractivity contribution in [2.75, 3.05) is 6.54 Å². The van der Waals surface area contributed by atoms with Gasteiger partial charge in [0.15, 0.2) is 0 Å². The fourth-order valence-corrected chi connectivity index (χ4v) is 2.11. The number of amides is 2. The molecule has 0 bridgehead atoms. The van der Waals surface area contributed by atoms with Crippen LogP contribution in [0.1, 0.15) is 28.8 Å². The molecule has 1 aromatic rings. The summed E-state index contributed by atoms with van der Waals surface area (Å²) in [5, 5.41) is 16.3. The molecule has 2 rings (SSSR count). The lowest BCUT2D eigenvalue weighted by molar-refractivity contribution is -0.385. The first-order valence-electron chi connectivity index (χ1n) is 6.30. The molecule has 1 fully saturated rings. The molecule has 0 saturated carbocycles. The number of rotatable bonds is 3. The number of hydrogen-bond donors (Lipinski definition) is 2. The molecule has 20 heavy (non-hydrogen) atoms. The molecule has 2 N–H and O–H groups in total. The van der Waals surface area contributed by atoms with Crippen molar-refractivity contribution in [2.45, 2.75) is 25.8 Å². The topological polar surface area (TPSA) is 101 Å². The standard InChI is InChI=1S/C13H15N3O4/c1-8-2-4-11(16(19)20)10(6-8)13(18)15-9-3-5-12(17)14-7-9/h2,4,6,9H,3,5,7H2,1H3,(H,14,17)(H,15,18). The van der Waals surface area contributed by atoms with Gasteiger partial charge in [-0.3, -0.25) is 19.7 Å². The van der Waals surface area contributed by atoms with E-state index in [1.165, 1.54) is 12.1 Å². The van der Waals surface area contributed by atoms with Gasteiger partial charge in [-0.05, 0) is 25.0 Å². The van der Waals surface area contributed by atoms with Crippen molar-refractivity contribution in [2.24, 2.45) is 0 Å². The summed E-state index contributed by atoms with van der Waals surface area (Å²) in [5.74, 6) is -0.529.